The molecule has 29 heavy (non-hydrogen) atoms. The Morgan fingerprint density at radius 1 is 1.17 bits per heavy atom. The average Bonchev–Trinajstić information content (AvgIpc) is 2.74. The number of non-ortho nitro benzene ring substituents is 1. The fourth-order valence-corrected chi connectivity index (χ4v) is 3.46. The number of carbonyl (C=O) groups excluding carboxylic acids is 1. The second-order valence-corrected chi connectivity index (χ2v) is 7.20. The first-order valence-corrected chi connectivity index (χ1v) is 9.54. The lowest BCUT2D eigenvalue weighted by Gasteiger charge is -2.34. The van der Waals surface area contributed by atoms with Crippen LogP contribution in [0.5, 0.6) is 17.2 Å². The fraction of sp³-hybridized carbons (Fsp3) is 0.381. The van der Waals surface area contributed by atoms with Gasteiger partial charge >= 0.3 is 0 Å². The standard InChI is InChI=1S/C21H25N3O5/c1-14(22)15-9-11-23(12-10-15)21(25)19-13-16(24(26)27)3-8-20(19)29-18-6-4-17(28-2)5-7-18/h3-8,13-15H,9-12,22H2,1-2H3. The van der Waals surface area contributed by atoms with Crippen LogP contribution in [0.25, 0.3) is 0 Å². The lowest BCUT2D eigenvalue weighted by atomic mass is 9.90. The number of nitrogens with two attached hydrogens (primary N) is 1. The molecule has 1 unspecified atom stereocenters. The van der Waals surface area contributed by atoms with Gasteiger partial charge in [-0.2, -0.15) is 0 Å². The van der Waals surface area contributed by atoms with E-state index in [2.05, 4.69) is 0 Å². The third kappa shape index (κ3) is 4.83. The summed E-state index contributed by atoms with van der Waals surface area (Å²) in [5.41, 5.74) is 6.00. The minimum Gasteiger partial charge on any atom is -0.497 e. The molecule has 154 valence electrons. The maximum atomic E-state index is 13.1. The predicted octanol–water partition coefficient (Wildman–Crippen LogP) is 3.60. The summed E-state index contributed by atoms with van der Waals surface area (Å²) in [5.74, 6) is 1.55. The van der Waals surface area contributed by atoms with Crippen LogP contribution in [0.2, 0.25) is 0 Å². The SMILES string of the molecule is COc1ccc(Oc2ccc([N+](=O)[O-])cc2C(=O)N2CCC(C(C)N)CC2)cc1. The van der Waals surface area contributed by atoms with Crippen molar-refractivity contribution in [3.05, 3.63) is 58.1 Å². The number of hydrogen-bond donors (Lipinski definition) is 1. The minimum absolute atomic E-state index is 0.0824. The zero-order valence-corrected chi connectivity index (χ0v) is 16.5. The van der Waals surface area contributed by atoms with E-state index in [4.69, 9.17) is 15.2 Å². The topological polar surface area (TPSA) is 108 Å². The van der Waals surface area contributed by atoms with E-state index in [0.717, 1.165) is 12.8 Å². The zero-order chi connectivity index (χ0) is 21.0. The van der Waals surface area contributed by atoms with Crippen molar-refractivity contribution in [1.82, 2.24) is 4.90 Å². The zero-order valence-electron chi connectivity index (χ0n) is 16.5. The van der Waals surface area contributed by atoms with Crippen LogP contribution in [-0.2, 0) is 0 Å². The van der Waals surface area contributed by atoms with Crippen LogP contribution < -0.4 is 15.2 Å². The van der Waals surface area contributed by atoms with Crippen molar-refractivity contribution in [1.29, 1.82) is 0 Å². The first-order chi connectivity index (χ1) is 13.9. The van der Waals surface area contributed by atoms with Crippen molar-refractivity contribution in [2.75, 3.05) is 20.2 Å². The van der Waals surface area contributed by atoms with Crippen LogP contribution >= 0.6 is 0 Å². The van der Waals surface area contributed by atoms with Gasteiger partial charge in [-0.05, 0) is 56.0 Å². The first-order valence-electron chi connectivity index (χ1n) is 9.54. The molecule has 0 spiro atoms. The summed E-state index contributed by atoms with van der Waals surface area (Å²) < 4.78 is 11.0. The van der Waals surface area contributed by atoms with Crippen molar-refractivity contribution in [3.8, 4) is 17.2 Å². The fourth-order valence-electron chi connectivity index (χ4n) is 3.46. The van der Waals surface area contributed by atoms with Crippen LogP contribution in [0.1, 0.15) is 30.1 Å². The summed E-state index contributed by atoms with van der Waals surface area (Å²) >= 11 is 0. The molecule has 1 saturated heterocycles. The molecule has 1 aliphatic heterocycles. The number of likely N-dealkylation sites (tertiary alicyclic amines) is 1. The molecule has 1 aliphatic rings. The summed E-state index contributed by atoms with van der Waals surface area (Å²) in [6, 6.07) is 11.0. The molecule has 2 N–H and O–H groups in total. The molecule has 1 fully saturated rings. The van der Waals surface area contributed by atoms with Gasteiger partial charge in [-0.15, -0.1) is 0 Å². The maximum absolute atomic E-state index is 13.1. The molecule has 2 aromatic rings. The molecule has 0 aromatic heterocycles. The number of amides is 1. The minimum atomic E-state index is -0.518. The number of rotatable bonds is 6. The quantitative estimate of drug-likeness (QED) is 0.587. The normalized spacial score (nSPS) is 15.6. The van der Waals surface area contributed by atoms with Gasteiger partial charge in [0.2, 0.25) is 0 Å². The van der Waals surface area contributed by atoms with Gasteiger partial charge in [0.1, 0.15) is 17.2 Å². The van der Waals surface area contributed by atoms with Crippen LogP contribution in [0.15, 0.2) is 42.5 Å². The van der Waals surface area contributed by atoms with Crippen molar-refractivity contribution >= 4 is 11.6 Å². The summed E-state index contributed by atoms with van der Waals surface area (Å²) in [6.07, 6.45) is 1.63. The Kier molecular flexibility index (Phi) is 6.33. The van der Waals surface area contributed by atoms with Gasteiger partial charge < -0.3 is 20.1 Å². The average molecular weight is 399 g/mol. The number of nitrogens with zero attached hydrogens (tertiary/aromatic N) is 2. The molecule has 0 radical (unpaired) electrons. The number of ether oxygens (including phenoxy) is 2. The second kappa shape index (κ2) is 8.91. The highest BCUT2D eigenvalue weighted by molar-refractivity contribution is 5.97. The smallest absolute Gasteiger partial charge is 0.270 e. The van der Waals surface area contributed by atoms with E-state index in [1.807, 2.05) is 6.92 Å². The molecule has 8 heteroatoms. The molecule has 2 aromatic carbocycles. The summed E-state index contributed by atoms with van der Waals surface area (Å²) in [6.45, 7) is 3.11. The van der Waals surface area contributed by atoms with Crippen molar-refractivity contribution in [2.24, 2.45) is 11.7 Å². The van der Waals surface area contributed by atoms with Gasteiger partial charge in [0, 0.05) is 31.3 Å². The molecule has 1 atom stereocenters. The lowest BCUT2D eigenvalue weighted by molar-refractivity contribution is -0.384. The Balaban J connectivity index is 1.85. The second-order valence-electron chi connectivity index (χ2n) is 7.20. The molecule has 8 nitrogen and oxygen atoms in total. The Hall–Kier alpha value is -3.13. The van der Waals surface area contributed by atoms with Gasteiger partial charge in [-0.3, -0.25) is 14.9 Å². The lowest BCUT2D eigenvalue weighted by Crippen LogP contribution is -2.42. The number of piperidine rings is 1. The summed E-state index contributed by atoms with van der Waals surface area (Å²) in [5, 5.41) is 11.2. The number of nitro groups is 1. The van der Waals surface area contributed by atoms with Crippen molar-refractivity contribution in [2.45, 2.75) is 25.8 Å². The number of hydrogen-bond acceptors (Lipinski definition) is 6. The highest BCUT2D eigenvalue weighted by Gasteiger charge is 2.28. The van der Waals surface area contributed by atoms with E-state index in [1.165, 1.54) is 18.2 Å². The van der Waals surface area contributed by atoms with Gasteiger partial charge in [-0.1, -0.05) is 0 Å². The molecule has 1 heterocycles. The van der Waals surface area contributed by atoms with E-state index in [0.29, 0.717) is 30.5 Å². The van der Waals surface area contributed by atoms with Crippen molar-refractivity contribution < 1.29 is 19.2 Å². The van der Waals surface area contributed by atoms with Crippen LogP contribution in [-0.4, -0.2) is 42.0 Å². The van der Waals surface area contributed by atoms with Crippen LogP contribution in [0.3, 0.4) is 0 Å². The Morgan fingerprint density at radius 3 is 2.34 bits per heavy atom. The number of benzene rings is 2. The van der Waals surface area contributed by atoms with Gasteiger partial charge in [0.25, 0.3) is 11.6 Å². The van der Waals surface area contributed by atoms with E-state index in [1.54, 1.807) is 36.3 Å². The number of nitro benzene ring substituents is 1. The predicted molar refractivity (Wildman–Crippen MR) is 108 cm³/mol. The van der Waals surface area contributed by atoms with Crippen LogP contribution in [0.4, 0.5) is 5.69 Å². The third-order valence-corrected chi connectivity index (χ3v) is 5.26. The van der Waals surface area contributed by atoms with Crippen LogP contribution in [0, 0.1) is 16.0 Å². The maximum Gasteiger partial charge on any atom is 0.270 e. The number of methoxy groups -OCH3 is 1. The molecular weight excluding hydrogens is 374 g/mol. The summed E-state index contributed by atoms with van der Waals surface area (Å²) in [4.78, 5) is 25.5. The molecule has 0 bridgehead atoms. The molecule has 0 saturated carbocycles. The third-order valence-electron chi connectivity index (χ3n) is 5.26. The van der Waals surface area contributed by atoms with E-state index < -0.39 is 4.92 Å². The van der Waals surface area contributed by atoms with E-state index in [-0.39, 0.29) is 28.9 Å². The summed E-state index contributed by atoms with van der Waals surface area (Å²) in [7, 11) is 1.57. The molecule has 3 rings (SSSR count). The Bertz CT molecular complexity index is 874. The largest absolute Gasteiger partial charge is 0.497 e. The molecule has 0 aliphatic carbocycles. The van der Waals surface area contributed by atoms with E-state index in [9.17, 15) is 14.9 Å². The molecule has 1 amide bonds. The first kappa shape index (κ1) is 20.6. The van der Waals surface area contributed by atoms with Gasteiger partial charge in [0.05, 0.1) is 17.6 Å². The van der Waals surface area contributed by atoms with Gasteiger partial charge in [0.15, 0.2) is 0 Å². The highest BCUT2D eigenvalue weighted by atomic mass is 16.6. The van der Waals surface area contributed by atoms with E-state index >= 15 is 0 Å². The Morgan fingerprint density at radius 2 is 1.79 bits per heavy atom. The Labute approximate surface area is 169 Å². The van der Waals surface area contributed by atoms with Gasteiger partial charge in [-0.25, -0.2) is 0 Å². The monoisotopic (exact) mass is 399 g/mol. The highest BCUT2D eigenvalue weighted by Crippen LogP contribution is 2.32. The van der Waals surface area contributed by atoms with Crippen molar-refractivity contribution in [3.63, 3.8) is 0 Å². The molecular formula is C21H25N3O5. The number of carbonyl (C=O) groups is 1.